The van der Waals surface area contributed by atoms with Gasteiger partial charge < -0.3 is 14.7 Å². The predicted molar refractivity (Wildman–Crippen MR) is 88.0 cm³/mol. The number of piperidine rings is 1. The van der Waals surface area contributed by atoms with Crippen molar-refractivity contribution in [3.63, 3.8) is 0 Å². The summed E-state index contributed by atoms with van der Waals surface area (Å²) in [5.74, 6) is 0. The molecule has 1 N–H and O–H groups in total. The maximum atomic E-state index is 12.2. The van der Waals surface area contributed by atoms with Crippen molar-refractivity contribution < 1.29 is 14.6 Å². The first kappa shape index (κ1) is 16.3. The Bertz CT molecular complexity index is 524. The number of hydrogen-bond donors (Lipinski definition) is 1. The van der Waals surface area contributed by atoms with Gasteiger partial charge in [0.15, 0.2) is 0 Å². The largest absolute Gasteiger partial charge is 0.445 e. The molecular weight excluding hydrogens is 292 g/mol. The van der Waals surface area contributed by atoms with Crippen molar-refractivity contribution in [2.75, 3.05) is 26.2 Å². The Labute approximate surface area is 137 Å². The van der Waals surface area contributed by atoms with Crippen LogP contribution >= 0.6 is 0 Å². The highest BCUT2D eigenvalue weighted by Crippen LogP contribution is 2.26. The SMILES string of the molecule is CC1(O)CCN(C2CCN(C(=O)OCc3ccccc3)CC2)C1. The third-order valence-corrected chi connectivity index (χ3v) is 4.93. The highest BCUT2D eigenvalue weighted by molar-refractivity contribution is 5.67. The Hall–Kier alpha value is -1.59. The molecule has 2 saturated heterocycles. The molecule has 23 heavy (non-hydrogen) atoms. The summed E-state index contributed by atoms with van der Waals surface area (Å²) in [5, 5.41) is 10.1. The molecule has 2 heterocycles. The van der Waals surface area contributed by atoms with E-state index in [9.17, 15) is 9.90 Å². The summed E-state index contributed by atoms with van der Waals surface area (Å²) in [6.45, 7) is 5.40. The number of amides is 1. The normalized spacial score (nSPS) is 26.4. The van der Waals surface area contributed by atoms with E-state index in [4.69, 9.17) is 4.74 Å². The number of nitrogens with zero attached hydrogens (tertiary/aromatic N) is 2. The van der Waals surface area contributed by atoms with Crippen LogP contribution in [0.2, 0.25) is 0 Å². The van der Waals surface area contributed by atoms with E-state index in [0.717, 1.165) is 51.0 Å². The lowest BCUT2D eigenvalue weighted by Gasteiger charge is -2.36. The Kier molecular flexibility index (Phi) is 4.87. The molecule has 1 unspecified atom stereocenters. The standard InChI is InChI=1S/C18H26N2O3/c1-18(22)9-12-20(14-18)16-7-10-19(11-8-16)17(21)23-13-15-5-3-2-4-6-15/h2-6,16,22H,7-14H2,1H3. The lowest BCUT2D eigenvalue weighted by atomic mass is 10.0. The molecule has 3 rings (SSSR count). The van der Waals surface area contributed by atoms with E-state index in [-0.39, 0.29) is 6.09 Å². The zero-order valence-corrected chi connectivity index (χ0v) is 13.8. The molecular formula is C18H26N2O3. The van der Waals surface area contributed by atoms with Gasteiger partial charge in [-0.3, -0.25) is 4.90 Å². The van der Waals surface area contributed by atoms with E-state index in [1.165, 1.54) is 0 Å². The Morgan fingerprint density at radius 1 is 1.26 bits per heavy atom. The number of aliphatic hydroxyl groups is 1. The topological polar surface area (TPSA) is 53.0 Å². The van der Waals surface area contributed by atoms with E-state index in [0.29, 0.717) is 12.6 Å². The summed E-state index contributed by atoms with van der Waals surface area (Å²) in [6, 6.07) is 10.2. The molecule has 0 spiro atoms. The number of likely N-dealkylation sites (tertiary alicyclic amines) is 2. The molecule has 1 aromatic rings. The van der Waals surface area contributed by atoms with E-state index in [1.807, 2.05) is 37.3 Å². The van der Waals surface area contributed by atoms with E-state index in [1.54, 1.807) is 4.90 Å². The monoisotopic (exact) mass is 318 g/mol. The van der Waals surface area contributed by atoms with Gasteiger partial charge in [-0.25, -0.2) is 4.79 Å². The van der Waals surface area contributed by atoms with Crippen molar-refractivity contribution >= 4 is 6.09 Å². The van der Waals surface area contributed by atoms with Crippen molar-refractivity contribution in [2.45, 2.75) is 44.4 Å². The second-order valence-electron chi connectivity index (χ2n) is 6.98. The molecule has 5 nitrogen and oxygen atoms in total. The number of carbonyl (C=O) groups is 1. The highest BCUT2D eigenvalue weighted by atomic mass is 16.6. The number of β-amino-alcohol motifs (C(OH)–C–C–N with tert-alkyl or cyclic N) is 1. The summed E-state index contributed by atoms with van der Waals surface area (Å²) in [6.07, 6.45) is 2.53. The smallest absolute Gasteiger partial charge is 0.410 e. The molecule has 0 aliphatic carbocycles. The zero-order valence-electron chi connectivity index (χ0n) is 13.8. The lowest BCUT2D eigenvalue weighted by Crippen LogP contribution is -2.47. The van der Waals surface area contributed by atoms with Crippen LogP contribution in [0.1, 0.15) is 31.7 Å². The lowest BCUT2D eigenvalue weighted by molar-refractivity contribution is 0.0468. The van der Waals surface area contributed by atoms with Crippen molar-refractivity contribution in [1.29, 1.82) is 0 Å². The molecule has 1 aromatic carbocycles. The van der Waals surface area contributed by atoms with Crippen LogP contribution in [0.4, 0.5) is 4.79 Å². The highest BCUT2D eigenvalue weighted by Gasteiger charge is 2.36. The fourth-order valence-electron chi connectivity index (χ4n) is 3.52. The second kappa shape index (κ2) is 6.89. The summed E-state index contributed by atoms with van der Waals surface area (Å²) in [7, 11) is 0. The van der Waals surface area contributed by atoms with Gasteiger partial charge in [-0.2, -0.15) is 0 Å². The van der Waals surface area contributed by atoms with Gasteiger partial charge in [-0.05, 0) is 31.7 Å². The van der Waals surface area contributed by atoms with Crippen LogP contribution < -0.4 is 0 Å². The molecule has 0 aromatic heterocycles. The van der Waals surface area contributed by atoms with Crippen LogP contribution in [0, 0.1) is 0 Å². The molecule has 1 amide bonds. The first-order valence-corrected chi connectivity index (χ1v) is 8.46. The number of benzene rings is 1. The quantitative estimate of drug-likeness (QED) is 0.929. The fourth-order valence-corrected chi connectivity index (χ4v) is 3.52. The Morgan fingerprint density at radius 2 is 1.96 bits per heavy atom. The summed E-state index contributed by atoms with van der Waals surface area (Å²) in [4.78, 5) is 16.3. The Morgan fingerprint density at radius 3 is 2.57 bits per heavy atom. The van der Waals surface area contributed by atoms with Gasteiger partial charge in [-0.1, -0.05) is 30.3 Å². The number of ether oxygens (including phenoxy) is 1. The van der Waals surface area contributed by atoms with Crippen molar-refractivity contribution in [1.82, 2.24) is 9.80 Å². The van der Waals surface area contributed by atoms with Crippen molar-refractivity contribution in [3.8, 4) is 0 Å². The summed E-state index contributed by atoms with van der Waals surface area (Å²) >= 11 is 0. The summed E-state index contributed by atoms with van der Waals surface area (Å²) in [5.41, 5.74) is 0.459. The van der Waals surface area contributed by atoms with Crippen LogP contribution in [0.5, 0.6) is 0 Å². The van der Waals surface area contributed by atoms with E-state index < -0.39 is 5.60 Å². The third-order valence-electron chi connectivity index (χ3n) is 4.93. The zero-order chi connectivity index (χ0) is 16.3. The molecule has 2 aliphatic rings. The molecule has 5 heteroatoms. The molecule has 2 fully saturated rings. The van der Waals surface area contributed by atoms with Gasteiger partial charge in [0.25, 0.3) is 0 Å². The first-order chi connectivity index (χ1) is 11.0. The van der Waals surface area contributed by atoms with Gasteiger partial charge in [0, 0.05) is 32.2 Å². The molecule has 2 aliphatic heterocycles. The number of carbonyl (C=O) groups excluding carboxylic acids is 1. The first-order valence-electron chi connectivity index (χ1n) is 8.46. The van der Waals surface area contributed by atoms with Crippen LogP contribution in [-0.2, 0) is 11.3 Å². The second-order valence-corrected chi connectivity index (χ2v) is 6.98. The Balaban J connectivity index is 1.43. The van der Waals surface area contributed by atoms with Gasteiger partial charge >= 0.3 is 6.09 Å². The van der Waals surface area contributed by atoms with Crippen LogP contribution in [0.15, 0.2) is 30.3 Å². The predicted octanol–water partition coefficient (Wildman–Crippen LogP) is 2.24. The maximum absolute atomic E-state index is 12.2. The number of rotatable bonds is 3. The maximum Gasteiger partial charge on any atom is 0.410 e. The minimum Gasteiger partial charge on any atom is -0.445 e. The average Bonchev–Trinajstić information content (AvgIpc) is 2.94. The minimum absolute atomic E-state index is 0.222. The molecule has 1 atom stereocenters. The summed E-state index contributed by atoms with van der Waals surface area (Å²) < 4.78 is 5.39. The average molecular weight is 318 g/mol. The van der Waals surface area contributed by atoms with Gasteiger partial charge in [-0.15, -0.1) is 0 Å². The van der Waals surface area contributed by atoms with Gasteiger partial charge in [0.2, 0.25) is 0 Å². The molecule has 0 bridgehead atoms. The fraction of sp³-hybridized carbons (Fsp3) is 0.611. The molecule has 126 valence electrons. The molecule has 0 saturated carbocycles. The van der Waals surface area contributed by atoms with Crippen LogP contribution in [0.25, 0.3) is 0 Å². The molecule has 0 radical (unpaired) electrons. The van der Waals surface area contributed by atoms with Gasteiger partial charge in [0.1, 0.15) is 6.61 Å². The third kappa shape index (κ3) is 4.24. The van der Waals surface area contributed by atoms with Crippen molar-refractivity contribution in [2.24, 2.45) is 0 Å². The number of hydrogen-bond acceptors (Lipinski definition) is 4. The van der Waals surface area contributed by atoms with Crippen molar-refractivity contribution in [3.05, 3.63) is 35.9 Å². The van der Waals surface area contributed by atoms with E-state index in [2.05, 4.69) is 4.90 Å². The van der Waals surface area contributed by atoms with Gasteiger partial charge in [0.05, 0.1) is 5.60 Å². The minimum atomic E-state index is -0.550. The van der Waals surface area contributed by atoms with Crippen LogP contribution in [-0.4, -0.2) is 58.8 Å². The van der Waals surface area contributed by atoms with Crippen LogP contribution in [0.3, 0.4) is 0 Å². The van der Waals surface area contributed by atoms with E-state index >= 15 is 0 Å².